The van der Waals surface area contributed by atoms with Gasteiger partial charge >= 0.3 is 0 Å². The third-order valence-electron chi connectivity index (χ3n) is 5.42. The van der Waals surface area contributed by atoms with Gasteiger partial charge in [-0.1, -0.05) is 38.1 Å². The number of rotatable bonds is 6. The Morgan fingerprint density at radius 3 is 2.29 bits per heavy atom. The maximum atomic E-state index is 4.30. The first-order valence-corrected chi connectivity index (χ1v) is 10.2. The summed E-state index contributed by atoms with van der Waals surface area (Å²) < 4.78 is 1.86. The molecule has 1 aliphatic rings. The summed E-state index contributed by atoms with van der Waals surface area (Å²) in [6.45, 7) is 9.67. The maximum absolute atomic E-state index is 4.30. The predicted molar refractivity (Wildman–Crippen MR) is 115 cm³/mol. The van der Waals surface area contributed by atoms with Crippen LogP contribution in [0.4, 0.5) is 0 Å². The van der Waals surface area contributed by atoms with E-state index in [1.54, 1.807) is 13.2 Å². The lowest BCUT2D eigenvalue weighted by atomic mass is 9.91. The number of nitrogens with zero attached hydrogens (tertiary/aromatic N) is 4. The van der Waals surface area contributed by atoms with Crippen LogP contribution in [0.15, 0.2) is 41.5 Å². The second kappa shape index (κ2) is 9.73. The summed E-state index contributed by atoms with van der Waals surface area (Å²) in [5, 5.41) is 10.9. The molecular formula is C22H34N6. The molecule has 1 aromatic heterocycles. The van der Waals surface area contributed by atoms with Crippen molar-refractivity contribution < 1.29 is 0 Å². The molecule has 1 fully saturated rings. The van der Waals surface area contributed by atoms with Crippen molar-refractivity contribution in [3.8, 4) is 0 Å². The molecule has 2 aromatic rings. The van der Waals surface area contributed by atoms with E-state index < -0.39 is 0 Å². The minimum absolute atomic E-state index is 0.696. The number of aliphatic imine (C=N–C) groups is 1. The van der Waals surface area contributed by atoms with E-state index in [-0.39, 0.29) is 0 Å². The highest BCUT2D eigenvalue weighted by Crippen LogP contribution is 2.22. The first-order valence-electron chi connectivity index (χ1n) is 10.2. The monoisotopic (exact) mass is 382 g/mol. The van der Waals surface area contributed by atoms with E-state index in [1.807, 2.05) is 17.8 Å². The Balaban J connectivity index is 1.46. The van der Waals surface area contributed by atoms with Gasteiger partial charge in [-0.3, -0.25) is 14.6 Å². The van der Waals surface area contributed by atoms with Gasteiger partial charge in [0.1, 0.15) is 0 Å². The molecule has 0 aliphatic carbocycles. The topological polar surface area (TPSA) is 57.5 Å². The SMILES string of the molecule is CN=C(NCc1ccc(CN2CC(C)CC(C)C2)cc1)NCc1ccnn1C. The summed E-state index contributed by atoms with van der Waals surface area (Å²) in [4.78, 5) is 6.89. The Morgan fingerprint density at radius 2 is 1.68 bits per heavy atom. The molecule has 1 aliphatic heterocycles. The lowest BCUT2D eigenvalue weighted by molar-refractivity contribution is 0.134. The van der Waals surface area contributed by atoms with Crippen molar-refractivity contribution >= 4 is 5.96 Å². The molecule has 0 bridgehead atoms. The van der Waals surface area contributed by atoms with Crippen LogP contribution in [0.3, 0.4) is 0 Å². The fraction of sp³-hybridized carbons (Fsp3) is 0.545. The summed E-state index contributed by atoms with van der Waals surface area (Å²) >= 11 is 0. The molecule has 2 unspecified atom stereocenters. The number of aromatic nitrogens is 2. The highest BCUT2D eigenvalue weighted by Gasteiger charge is 2.21. The molecule has 0 saturated carbocycles. The van der Waals surface area contributed by atoms with Crippen LogP contribution >= 0.6 is 0 Å². The number of aryl methyl sites for hydroxylation is 1. The average molecular weight is 383 g/mol. The van der Waals surface area contributed by atoms with Gasteiger partial charge in [0.25, 0.3) is 0 Å². The first-order chi connectivity index (χ1) is 13.5. The number of piperidine rings is 1. The van der Waals surface area contributed by atoms with E-state index in [1.165, 1.54) is 30.6 Å². The first kappa shape index (κ1) is 20.4. The molecule has 2 atom stereocenters. The van der Waals surface area contributed by atoms with Gasteiger partial charge < -0.3 is 10.6 Å². The summed E-state index contributed by atoms with van der Waals surface area (Å²) in [5.74, 6) is 2.40. The molecule has 0 radical (unpaired) electrons. The largest absolute Gasteiger partial charge is 0.352 e. The Kier molecular flexibility index (Phi) is 7.09. The normalized spacial score (nSPS) is 20.9. The van der Waals surface area contributed by atoms with Crippen molar-refractivity contribution in [2.24, 2.45) is 23.9 Å². The van der Waals surface area contributed by atoms with Crippen LogP contribution in [-0.4, -0.2) is 40.8 Å². The molecular weight excluding hydrogens is 348 g/mol. The van der Waals surface area contributed by atoms with Crippen LogP contribution in [0.25, 0.3) is 0 Å². The molecule has 3 rings (SSSR count). The molecule has 2 N–H and O–H groups in total. The minimum atomic E-state index is 0.696. The van der Waals surface area contributed by atoms with Gasteiger partial charge in [0.15, 0.2) is 5.96 Å². The van der Waals surface area contributed by atoms with E-state index in [0.29, 0.717) is 6.54 Å². The lowest BCUT2D eigenvalue weighted by Gasteiger charge is -2.35. The zero-order valence-electron chi connectivity index (χ0n) is 17.7. The number of hydrogen-bond donors (Lipinski definition) is 2. The summed E-state index contributed by atoms with van der Waals surface area (Å²) in [5.41, 5.74) is 3.77. The van der Waals surface area contributed by atoms with Crippen LogP contribution in [0.2, 0.25) is 0 Å². The summed E-state index contributed by atoms with van der Waals surface area (Å²) in [7, 11) is 3.74. The van der Waals surface area contributed by atoms with Crippen LogP contribution in [-0.2, 0) is 26.7 Å². The fourth-order valence-electron chi connectivity index (χ4n) is 4.10. The molecule has 1 saturated heterocycles. The van der Waals surface area contributed by atoms with Crippen molar-refractivity contribution in [1.82, 2.24) is 25.3 Å². The van der Waals surface area contributed by atoms with E-state index in [9.17, 15) is 0 Å². The molecule has 1 aromatic carbocycles. The Labute approximate surface area is 169 Å². The quantitative estimate of drug-likeness (QED) is 0.596. The van der Waals surface area contributed by atoms with Crippen molar-refractivity contribution in [3.63, 3.8) is 0 Å². The van der Waals surface area contributed by atoms with Crippen molar-refractivity contribution in [2.75, 3.05) is 20.1 Å². The van der Waals surface area contributed by atoms with Gasteiger partial charge in [-0.15, -0.1) is 0 Å². The minimum Gasteiger partial charge on any atom is -0.352 e. The third kappa shape index (κ3) is 5.83. The van der Waals surface area contributed by atoms with Crippen LogP contribution in [0, 0.1) is 11.8 Å². The molecule has 6 heteroatoms. The smallest absolute Gasteiger partial charge is 0.191 e. The molecule has 2 heterocycles. The van der Waals surface area contributed by atoms with Crippen molar-refractivity contribution in [2.45, 2.75) is 39.9 Å². The molecule has 6 nitrogen and oxygen atoms in total. The van der Waals surface area contributed by atoms with Gasteiger partial charge in [-0.2, -0.15) is 5.10 Å². The second-order valence-electron chi connectivity index (χ2n) is 8.18. The maximum Gasteiger partial charge on any atom is 0.191 e. The van der Waals surface area contributed by atoms with Gasteiger partial charge in [-0.25, -0.2) is 0 Å². The summed E-state index contributed by atoms with van der Waals surface area (Å²) in [6, 6.07) is 10.9. The van der Waals surface area contributed by atoms with Crippen molar-refractivity contribution in [1.29, 1.82) is 0 Å². The van der Waals surface area contributed by atoms with Crippen LogP contribution in [0.1, 0.15) is 37.1 Å². The van der Waals surface area contributed by atoms with E-state index >= 15 is 0 Å². The van der Waals surface area contributed by atoms with Gasteiger partial charge in [-0.05, 0) is 35.4 Å². The Hall–Kier alpha value is -2.34. The molecule has 28 heavy (non-hydrogen) atoms. The Morgan fingerprint density at radius 1 is 1.04 bits per heavy atom. The number of nitrogens with one attached hydrogen (secondary N) is 2. The fourth-order valence-corrected chi connectivity index (χ4v) is 4.10. The number of benzene rings is 1. The average Bonchev–Trinajstić information content (AvgIpc) is 3.07. The summed E-state index contributed by atoms with van der Waals surface area (Å²) in [6.07, 6.45) is 3.16. The van der Waals surface area contributed by atoms with E-state index in [2.05, 4.69) is 63.7 Å². The standard InChI is InChI=1S/C22H34N6/c1-17-11-18(2)15-28(14-17)16-20-7-5-19(6-8-20)12-24-22(23-3)25-13-21-9-10-26-27(21)4/h5-10,17-18H,11-16H2,1-4H3,(H2,23,24,25). The second-order valence-corrected chi connectivity index (χ2v) is 8.18. The zero-order valence-corrected chi connectivity index (χ0v) is 17.7. The van der Waals surface area contributed by atoms with Crippen LogP contribution in [0.5, 0.6) is 0 Å². The van der Waals surface area contributed by atoms with E-state index in [0.717, 1.165) is 36.6 Å². The van der Waals surface area contributed by atoms with Gasteiger partial charge in [0, 0.05) is 46.5 Å². The van der Waals surface area contributed by atoms with Gasteiger partial charge in [0.2, 0.25) is 0 Å². The number of hydrogen-bond acceptors (Lipinski definition) is 3. The van der Waals surface area contributed by atoms with E-state index in [4.69, 9.17) is 0 Å². The third-order valence-corrected chi connectivity index (χ3v) is 5.42. The molecule has 152 valence electrons. The lowest BCUT2D eigenvalue weighted by Crippen LogP contribution is -2.38. The Bertz CT molecular complexity index is 754. The highest BCUT2D eigenvalue weighted by atomic mass is 15.3. The van der Waals surface area contributed by atoms with Crippen molar-refractivity contribution in [3.05, 3.63) is 53.3 Å². The zero-order chi connectivity index (χ0) is 19.9. The molecule has 0 amide bonds. The number of likely N-dealkylation sites (tertiary alicyclic amines) is 1. The molecule has 0 spiro atoms. The predicted octanol–water partition coefficient (Wildman–Crippen LogP) is 2.76. The van der Waals surface area contributed by atoms with Gasteiger partial charge in [0.05, 0.1) is 12.2 Å². The van der Waals surface area contributed by atoms with Crippen LogP contribution < -0.4 is 10.6 Å². The highest BCUT2D eigenvalue weighted by molar-refractivity contribution is 5.79. The number of guanidine groups is 1.